The Morgan fingerprint density at radius 2 is 2.03 bits per heavy atom. The highest BCUT2D eigenvalue weighted by atomic mass is 19.1. The fraction of sp³-hybridized carbons (Fsp3) is 0.280. The largest absolute Gasteiger partial charge is 0.347 e. The van der Waals surface area contributed by atoms with Gasteiger partial charge in [-0.25, -0.2) is 9.37 Å². The predicted octanol–water partition coefficient (Wildman–Crippen LogP) is 3.20. The summed E-state index contributed by atoms with van der Waals surface area (Å²) in [4.78, 5) is 33.4. The number of rotatable bonds is 7. The molecule has 3 aromatic heterocycles. The van der Waals surface area contributed by atoms with Crippen molar-refractivity contribution in [1.29, 1.82) is 0 Å². The van der Waals surface area contributed by atoms with E-state index < -0.39 is 5.91 Å². The minimum absolute atomic E-state index is 0.0573. The second-order valence-electron chi connectivity index (χ2n) is 8.50. The van der Waals surface area contributed by atoms with E-state index in [1.807, 2.05) is 12.1 Å². The molecule has 2 N–H and O–H groups in total. The normalized spacial score (nSPS) is 13.8. The summed E-state index contributed by atoms with van der Waals surface area (Å²) in [5.41, 5.74) is 2.08. The predicted molar refractivity (Wildman–Crippen MR) is 123 cm³/mol. The van der Waals surface area contributed by atoms with E-state index in [0.29, 0.717) is 29.2 Å². The Kier molecular flexibility index (Phi) is 5.83. The Hall–Kier alpha value is -3.65. The number of aromatic nitrogens is 3. The van der Waals surface area contributed by atoms with Crippen LogP contribution in [0.3, 0.4) is 0 Å². The van der Waals surface area contributed by atoms with Gasteiger partial charge in [-0.15, -0.1) is 0 Å². The second kappa shape index (κ2) is 9.07. The van der Waals surface area contributed by atoms with Gasteiger partial charge in [0.25, 0.3) is 11.5 Å². The maximum atomic E-state index is 14.5. The third-order valence-corrected chi connectivity index (χ3v) is 6.14. The first-order chi connectivity index (χ1) is 16.1. The van der Waals surface area contributed by atoms with Crippen molar-refractivity contribution in [3.63, 3.8) is 0 Å². The summed E-state index contributed by atoms with van der Waals surface area (Å²) < 4.78 is 15.8. The number of pyridine rings is 2. The Labute approximate surface area is 189 Å². The van der Waals surface area contributed by atoms with Crippen LogP contribution in [0.2, 0.25) is 0 Å². The van der Waals surface area contributed by atoms with E-state index in [9.17, 15) is 14.0 Å². The third-order valence-electron chi connectivity index (χ3n) is 6.14. The standard InChI is InChI=1S/C25H24FN5O2/c26-20-10-21-18(9-19(20)15-27-12-16-4-3-5-16)8-17(13-28-21)14-29-25(33)22-11-24(32)31-7-2-1-6-23(31)30-22/h1-2,6-11,13,16,27H,3-5,12,14-15H2,(H,29,33). The zero-order valence-corrected chi connectivity index (χ0v) is 18.1. The summed E-state index contributed by atoms with van der Waals surface area (Å²) in [5, 5.41) is 6.94. The lowest BCUT2D eigenvalue weighted by Gasteiger charge is -2.25. The van der Waals surface area contributed by atoms with Crippen LogP contribution in [0.5, 0.6) is 0 Å². The summed E-state index contributed by atoms with van der Waals surface area (Å²) in [7, 11) is 0. The van der Waals surface area contributed by atoms with Crippen molar-refractivity contribution in [3.05, 3.63) is 87.9 Å². The van der Waals surface area contributed by atoms with Crippen LogP contribution in [0, 0.1) is 11.7 Å². The smallest absolute Gasteiger partial charge is 0.270 e. The summed E-state index contributed by atoms with van der Waals surface area (Å²) in [6.07, 6.45) is 6.99. The monoisotopic (exact) mass is 445 g/mol. The van der Waals surface area contributed by atoms with Crippen molar-refractivity contribution in [3.8, 4) is 0 Å². The molecular formula is C25H24FN5O2. The van der Waals surface area contributed by atoms with E-state index in [2.05, 4.69) is 20.6 Å². The lowest BCUT2D eigenvalue weighted by Crippen LogP contribution is -2.27. The molecule has 5 rings (SSSR count). The van der Waals surface area contributed by atoms with Crippen molar-refractivity contribution < 1.29 is 9.18 Å². The van der Waals surface area contributed by atoms with Crippen molar-refractivity contribution in [2.45, 2.75) is 32.4 Å². The molecule has 8 heteroatoms. The maximum Gasteiger partial charge on any atom is 0.270 e. The molecule has 1 saturated carbocycles. The Bertz CT molecular complexity index is 1400. The first-order valence-electron chi connectivity index (χ1n) is 11.1. The molecule has 0 bridgehead atoms. The molecule has 0 saturated heterocycles. The molecular weight excluding hydrogens is 421 g/mol. The molecule has 1 aliphatic rings. The first kappa shape index (κ1) is 21.2. The minimum Gasteiger partial charge on any atom is -0.347 e. The number of nitrogens with one attached hydrogen (secondary N) is 2. The lowest BCUT2D eigenvalue weighted by molar-refractivity contribution is 0.0946. The molecule has 0 unspecified atom stereocenters. The summed E-state index contributed by atoms with van der Waals surface area (Å²) in [5.74, 6) is -0.0110. The molecule has 33 heavy (non-hydrogen) atoms. The molecule has 0 spiro atoms. The van der Waals surface area contributed by atoms with Crippen LogP contribution >= 0.6 is 0 Å². The van der Waals surface area contributed by atoms with E-state index in [4.69, 9.17) is 0 Å². The van der Waals surface area contributed by atoms with Crippen LogP contribution in [-0.2, 0) is 13.1 Å². The third kappa shape index (κ3) is 4.61. The van der Waals surface area contributed by atoms with Crippen LogP contribution < -0.4 is 16.2 Å². The number of benzene rings is 1. The van der Waals surface area contributed by atoms with E-state index in [1.54, 1.807) is 30.6 Å². The van der Waals surface area contributed by atoms with Gasteiger partial charge in [-0.05, 0) is 55.1 Å². The molecule has 1 aliphatic carbocycles. The van der Waals surface area contributed by atoms with Gasteiger partial charge in [0, 0.05) is 48.6 Å². The zero-order chi connectivity index (χ0) is 22.8. The Morgan fingerprint density at radius 3 is 2.85 bits per heavy atom. The van der Waals surface area contributed by atoms with Gasteiger partial charge in [-0.3, -0.25) is 19.0 Å². The zero-order valence-electron chi connectivity index (χ0n) is 18.1. The molecule has 4 aromatic rings. The summed E-state index contributed by atoms with van der Waals surface area (Å²) >= 11 is 0. The number of amides is 1. The van der Waals surface area contributed by atoms with Crippen molar-refractivity contribution >= 4 is 22.5 Å². The molecule has 1 aromatic carbocycles. The molecule has 3 heterocycles. The number of halogens is 1. The maximum absolute atomic E-state index is 14.5. The van der Waals surface area contributed by atoms with Crippen LogP contribution in [0.4, 0.5) is 4.39 Å². The van der Waals surface area contributed by atoms with Gasteiger partial charge < -0.3 is 10.6 Å². The highest BCUT2D eigenvalue weighted by Crippen LogP contribution is 2.25. The average molecular weight is 445 g/mol. The lowest BCUT2D eigenvalue weighted by atomic mass is 9.85. The van der Waals surface area contributed by atoms with Gasteiger partial charge in [0.05, 0.1) is 5.52 Å². The highest BCUT2D eigenvalue weighted by Gasteiger charge is 2.17. The summed E-state index contributed by atoms with van der Waals surface area (Å²) in [6, 6.07) is 11.5. The van der Waals surface area contributed by atoms with Gasteiger partial charge in [0.1, 0.15) is 17.2 Å². The van der Waals surface area contributed by atoms with Gasteiger partial charge in [0.2, 0.25) is 0 Å². The molecule has 7 nitrogen and oxygen atoms in total. The number of fused-ring (bicyclic) bond motifs is 2. The Morgan fingerprint density at radius 1 is 1.15 bits per heavy atom. The quantitative estimate of drug-likeness (QED) is 0.456. The molecule has 0 radical (unpaired) electrons. The number of hydrogen-bond donors (Lipinski definition) is 2. The second-order valence-corrected chi connectivity index (χ2v) is 8.50. The van der Waals surface area contributed by atoms with E-state index in [0.717, 1.165) is 17.5 Å². The molecule has 1 fully saturated rings. The van der Waals surface area contributed by atoms with Crippen LogP contribution in [0.25, 0.3) is 16.6 Å². The van der Waals surface area contributed by atoms with Gasteiger partial charge in [-0.1, -0.05) is 12.5 Å². The van der Waals surface area contributed by atoms with Crippen LogP contribution in [-0.4, -0.2) is 26.8 Å². The molecule has 0 atom stereocenters. The van der Waals surface area contributed by atoms with Gasteiger partial charge in [-0.2, -0.15) is 0 Å². The average Bonchev–Trinajstić information content (AvgIpc) is 2.79. The number of carbonyl (C=O) groups is 1. The Balaban J connectivity index is 1.28. The van der Waals surface area contributed by atoms with E-state index >= 15 is 0 Å². The fourth-order valence-corrected chi connectivity index (χ4v) is 4.03. The number of nitrogens with zero attached hydrogens (tertiary/aromatic N) is 3. The SMILES string of the molecule is O=C(NCc1cnc2cc(F)c(CNCC3CCC3)cc2c1)c1cc(=O)n2ccccc2n1. The van der Waals surface area contributed by atoms with Crippen LogP contribution in [0.15, 0.2) is 59.7 Å². The van der Waals surface area contributed by atoms with Gasteiger partial charge in [0.15, 0.2) is 0 Å². The molecule has 0 aliphatic heterocycles. The number of carbonyl (C=O) groups excluding carboxylic acids is 1. The molecule has 1 amide bonds. The fourth-order valence-electron chi connectivity index (χ4n) is 4.03. The van der Waals surface area contributed by atoms with Crippen molar-refractivity contribution in [1.82, 2.24) is 25.0 Å². The highest BCUT2D eigenvalue weighted by molar-refractivity contribution is 5.92. The van der Waals surface area contributed by atoms with Gasteiger partial charge >= 0.3 is 0 Å². The van der Waals surface area contributed by atoms with Crippen molar-refractivity contribution in [2.75, 3.05) is 6.54 Å². The minimum atomic E-state index is -0.446. The van der Waals surface area contributed by atoms with Crippen molar-refractivity contribution in [2.24, 2.45) is 5.92 Å². The topological polar surface area (TPSA) is 88.4 Å². The van der Waals surface area contributed by atoms with E-state index in [1.165, 1.54) is 35.8 Å². The van der Waals surface area contributed by atoms with E-state index in [-0.39, 0.29) is 23.6 Å². The summed E-state index contributed by atoms with van der Waals surface area (Å²) in [6.45, 7) is 1.60. The van der Waals surface area contributed by atoms with Crippen LogP contribution in [0.1, 0.15) is 40.9 Å². The number of hydrogen-bond acceptors (Lipinski definition) is 5. The first-order valence-corrected chi connectivity index (χ1v) is 11.1. The molecule has 168 valence electrons.